The maximum absolute atomic E-state index is 13.4. The summed E-state index contributed by atoms with van der Waals surface area (Å²) in [7, 11) is 0. The predicted octanol–water partition coefficient (Wildman–Crippen LogP) is 4.53. The Morgan fingerprint density at radius 1 is 1.10 bits per heavy atom. The van der Waals surface area contributed by atoms with Crippen LogP contribution in [0.1, 0.15) is 17.2 Å². The minimum absolute atomic E-state index is 0.118. The van der Waals surface area contributed by atoms with E-state index in [9.17, 15) is 17.6 Å². The minimum Gasteiger partial charge on any atom is -0.405 e. The summed E-state index contributed by atoms with van der Waals surface area (Å²) in [6.07, 6.45) is -4.82. The number of nitrogens with two attached hydrogens (primary N) is 1. The Balaban J connectivity index is 2.41. The zero-order valence-electron chi connectivity index (χ0n) is 10.5. The Labute approximate surface area is 126 Å². The number of rotatable bonds is 3. The van der Waals surface area contributed by atoms with E-state index >= 15 is 0 Å². The molecule has 2 aromatic carbocycles. The Kier molecular flexibility index (Phi) is 4.53. The van der Waals surface area contributed by atoms with Crippen LogP contribution >= 0.6 is 15.9 Å². The largest absolute Gasteiger partial charge is 0.573 e. The number of para-hydroxylation sites is 1. The van der Waals surface area contributed by atoms with Crippen molar-refractivity contribution < 1.29 is 22.3 Å². The summed E-state index contributed by atoms with van der Waals surface area (Å²) in [5.74, 6) is -0.943. The van der Waals surface area contributed by atoms with Crippen LogP contribution in [0, 0.1) is 5.82 Å². The van der Waals surface area contributed by atoms with E-state index < -0.39 is 24.0 Å². The van der Waals surface area contributed by atoms with E-state index in [1.54, 1.807) is 0 Å². The van der Waals surface area contributed by atoms with Gasteiger partial charge in [-0.3, -0.25) is 0 Å². The van der Waals surface area contributed by atoms with Crippen molar-refractivity contribution in [3.8, 4) is 5.75 Å². The number of ether oxygens (including phenoxy) is 1. The first kappa shape index (κ1) is 15.8. The zero-order chi connectivity index (χ0) is 15.6. The Hall–Kier alpha value is -1.60. The third-order valence-electron chi connectivity index (χ3n) is 2.72. The van der Waals surface area contributed by atoms with Gasteiger partial charge in [-0.25, -0.2) is 4.39 Å². The summed E-state index contributed by atoms with van der Waals surface area (Å²) in [6.45, 7) is 0. The molecule has 112 valence electrons. The van der Waals surface area contributed by atoms with Crippen LogP contribution in [0.2, 0.25) is 0 Å². The van der Waals surface area contributed by atoms with Crippen LogP contribution in [0.15, 0.2) is 46.9 Å². The molecular weight excluding hydrogens is 354 g/mol. The lowest BCUT2D eigenvalue weighted by Gasteiger charge is -2.18. The van der Waals surface area contributed by atoms with Gasteiger partial charge >= 0.3 is 6.36 Å². The molecule has 0 fully saturated rings. The van der Waals surface area contributed by atoms with E-state index in [1.165, 1.54) is 36.4 Å². The highest BCUT2D eigenvalue weighted by molar-refractivity contribution is 9.10. The van der Waals surface area contributed by atoms with E-state index in [4.69, 9.17) is 5.73 Å². The maximum atomic E-state index is 13.4. The fourth-order valence-electron chi connectivity index (χ4n) is 1.89. The standard InChI is InChI=1S/C14H10BrF4NO/c15-9-5-8(6-10(16)7-9)13(20)11-3-1-2-4-12(11)21-14(17,18)19/h1-7,13H,20H2. The van der Waals surface area contributed by atoms with E-state index in [0.29, 0.717) is 10.0 Å². The van der Waals surface area contributed by atoms with Gasteiger partial charge < -0.3 is 10.5 Å². The minimum atomic E-state index is -4.82. The van der Waals surface area contributed by atoms with Crippen molar-refractivity contribution in [2.24, 2.45) is 5.73 Å². The summed E-state index contributed by atoms with van der Waals surface area (Å²) in [5, 5.41) is 0. The highest BCUT2D eigenvalue weighted by Crippen LogP contribution is 2.33. The SMILES string of the molecule is NC(c1cc(F)cc(Br)c1)c1ccccc1OC(F)(F)F. The number of benzene rings is 2. The lowest BCUT2D eigenvalue weighted by atomic mass is 9.99. The van der Waals surface area contributed by atoms with E-state index in [1.807, 2.05) is 0 Å². The number of hydrogen-bond donors (Lipinski definition) is 1. The highest BCUT2D eigenvalue weighted by atomic mass is 79.9. The van der Waals surface area contributed by atoms with Crippen molar-refractivity contribution >= 4 is 15.9 Å². The second kappa shape index (κ2) is 6.03. The van der Waals surface area contributed by atoms with Gasteiger partial charge in [0.25, 0.3) is 0 Å². The summed E-state index contributed by atoms with van der Waals surface area (Å²) in [6, 6.07) is 8.50. The van der Waals surface area contributed by atoms with E-state index in [2.05, 4.69) is 20.7 Å². The Bertz CT molecular complexity index is 625. The molecule has 1 atom stereocenters. The molecule has 0 aromatic heterocycles. The number of alkyl halides is 3. The first-order chi connectivity index (χ1) is 9.76. The number of hydrogen-bond acceptors (Lipinski definition) is 2. The van der Waals surface area contributed by atoms with Crippen LogP contribution in [0.25, 0.3) is 0 Å². The van der Waals surface area contributed by atoms with Crippen LogP contribution in [0.4, 0.5) is 17.6 Å². The molecule has 0 saturated heterocycles. The molecule has 0 bridgehead atoms. The van der Waals surface area contributed by atoms with Gasteiger partial charge in [-0.1, -0.05) is 34.1 Å². The van der Waals surface area contributed by atoms with Gasteiger partial charge in [-0.2, -0.15) is 0 Å². The van der Waals surface area contributed by atoms with Crippen molar-refractivity contribution in [1.82, 2.24) is 0 Å². The second-order valence-corrected chi connectivity index (χ2v) is 5.18. The third-order valence-corrected chi connectivity index (χ3v) is 3.18. The summed E-state index contributed by atoms with van der Waals surface area (Å²) in [5.41, 5.74) is 6.39. The van der Waals surface area contributed by atoms with Crippen LogP contribution < -0.4 is 10.5 Å². The molecule has 0 saturated carbocycles. The van der Waals surface area contributed by atoms with Crippen molar-refractivity contribution in [2.75, 3.05) is 0 Å². The topological polar surface area (TPSA) is 35.2 Å². The normalized spacial score (nSPS) is 13.0. The molecule has 0 aliphatic carbocycles. The molecular formula is C14H10BrF4NO. The smallest absolute Gasteiger partial charge is 0.405 e. The molecule has 0 heterocycles. The van der Waals surface area contributed by atoms with Gasteiger partial charge in [0.05, 0.1) is 6.04 Å². The van der Waals surface area contributed by atoms with Crippen molar-refractivity contribution in [2.45, 2.75) is 12.4 Å². The molecule has 0 aliphatic heterocycles. The van der Waals surface area contributed by atoms with Crippen molar-refractivity contribution in [3.63, 3.8) is 0 Å². The van der Waals surface area contributed by atoms with Gasteiger partial charge in [0.15, 0.2) is 0 Å². The average molecular weight is 364 g/mol. The summed E-state index contributed by atoms with van der Waals surface area (Å²) in [4.78, 5) is 0. The molecule has 0 spiro atoms. The second-order valence-electron chi connectivity index (χ2n) is 4.27. The molecule has 0 radical (unpaired) electrons. The van der Waals surface area contributed by atoms with Gasteiger partial charge in [0, 0.05) is 10.0 Å². The molecule has 2 rings (SSSR count). The quantitative estimate of drug-likeness (QED) is 0.812. The molecule has 2 aromatic rings. The fraction of sp³-hybridized carbons (Fsp3) is 0.143. The van der Waals surface area contributed by atoms with E-state index in [0.717, 1.165) is 6.07 Å². The Morgan fingerprint density at radius 3 is 2.38 bits per heavy atom. The van der Waals surface area contributed by atoms with E-state index in [-0.39, 0.29) is 5.56 Å². The molecule has 7 heteroatoms. The van der Waals surface area contributed by atoms with Gasteiger partial charge in [-0.15, -0.1) is 13.2 Å². The number of halogens is 5. The lowest BCUT2D eigenvalue weighted by Crippen LogP contribution is -2.20. The monoisotopic (exact) mass is 363 g/mol. The molecule has 0 aliphatic rings. The lowest BCUT2D eigenvalue weighted by molar-refractivity contribution is -0.274. The van der Waals surface area contributed by atoms with Gasteiger partial charge in [0.2, 0.25) is 0 Å². The fourth-order valence-corrected chi connectivity index (χ4v) is 2.37. The van der Waals surface area contributed by atoms with Gasteiger partial charge in [-0.05, 0) is 29.8 Å². The van der Waals surface area contributed by atoms with Crippen LogP contribution in [-0.4, -0.2) is 6.36 Å². The molecule has 2 N–H and O–H groups in total. The molecule has 1 unspecified atom stereocenters. The maximum Gasteiger partial charge on any atom is 0.573 e. The van der Waals surface area contributed by atoms with Crippen LogP contribution in [0.3, 0.4) is 0 Å². The summed E-state index contributed by atoms with van der Waals surface area (Å²) >= 11 is 3.11. The molecule has 2 nitrogen and oxygen atoms in total. The van der Waals surface area contributed by atoms with Crippen molar-refractivity contribution in [3.05, 3.63) is 63.9 Å². The Morgan fingerprint density at radius 2 is 1.76 bits per heavy atom. The average Bonchev–Trinajstić information content (AvgIpc) is 2.35. The molecule has 0 amide bonds. The van der Waals surface area contributed by atoms with Crippen LogP contribution in [-0.2, 0) is 0 Å². The first-order valence-electron chi connectivity index (χ1n) is 5.82. The first-order valence-corrected chi connectivity index (χ1v) is 6.62. The molecule has 21 heavy (non-hydrogen) atoms. The third kappa shape index (κ3) is 4.18. The predicted molar refractivity (Wildman–Crippen MR) is 73.3 cm³/mol. The van der Waals surface area contributed by atoms with Crippen LogP contribution in [0.5, 0.6) is 5.75 Å². The van der Waals surface area contributed by atoms with Crippen molar-refractivity contribution in [1.29, 1.82) is 0 Å². The summed E-state index contributed by atoms with van der Waals surface area (Å²) < 4.78 is 54.9. The highest BCUT2D eigenvalue weighted by Gasteiger charge is 2.32. The van der Waals surface area contributed by atoms with Gasteiger partial charge in [0.1, 0.15) is 11.6 Å². The zero-order valence-corrected chi connectivity index (χ0v) is 12.1.